The molecule has 0 aliphatic carbocycles. The Morgan fingerprint density at radius 1 is 1.26 bits per heavy atom. The number of sulfone groups is 1. The van der Waals surface area contributed by atoms with Gasteiger partial charge in [-0.2, -0.15) is 0 Å². The Bertz CT molecular complexity index is 765. The standard InChI is InChI=1S/C16H20N4O2S/c1-2-20(14-6-4-3-5-7-14)16-10-15(17-12-18-16)19-13-8-9-23(21,22)11-13/h3-7,10,12-13H,2,8-9,11H2,1H3,(H,17,18,19). The van der Waals surface area contributed by atoms with E-state index in [0.717, 1.165) is 18.1 Å². The highest BCUT2D eigenvalue weighted by atomic mass is 32.2. The lowest BCUT2D eigenvalue weighted by Crippen LogP contribution is -2.22. The van der Waals surface area contributed by atoms with Crippen LogP contribution in [0.15, 0.2) is 42.7 Å². The van der Waals surface area contributed by atoms with Gasteiger partial charge in [-0.15, -0.1) is 0 Å². The van der Waals surface area contributed by atoms with Crippen LogP contribution >= 0.6 is 0 Å². The molecule has 1 aromatic carbocycles. The lowest BCUT2D eigenvalue weighted by Gasteiger charge is -2.22. The Morgan fingerprint density at radius 3 is 2.70 bits per heavy atom. The minimum absolute atomic E-state index is 0.0745. The lowest BCUT2D eigenvalue weighted by atomic mass is 10.2. The molecule has 6 nitrogen and oxygen atoms in total. The zero-order chi connectivity index (χ0) is 16.3. The largest absolute Gasteiger partial charge is 0.366 e. The Labute approximate surface area is 136 Å². The summed E-state index contributed by atoms with van der Waals surface area (Å²) in [5, 5.41) is 3.21. The van der Waals surface area contributed by atoms with Crippen molar-refractivity contribution in [3.63, 3.8) is 0 Å². The van der Waals surface area contributed by atoms with Crippen LogP contribution in [0.3, 0.4) is 0 Å². The number of aromatic nitrogens is 2. The molecule has 2 aromatic rings. The van der Waals surface area contributed by atoms with Crippen molar-refractivity contribution in [2.24, 2.45) is 0 Å². The minimum Gasteiger partial charge on any atom is -0.366 e. The molecule has 1 aliphatic rings. The second kappa shape index (κ2) is 6.54. The van der Waals surface area contributed by atoms with E-state index in [2.05, 4.69) is 27.1 Å². The molecule has 23 heavy (non-hydrogen) atoms. The number of benzene rings is 1. The molecule has 1 saturated heterocycles. The molecule has 0 radical (unpaired) electrons. The molecule has 0 bridgehead atoms. The summed E-state index contributed by atoms with van der Waals surface area (Å²) in [6.45, 7) is 2.84. The van der Waals surface area contributed by atoms with E-state index in [1.165, 1.54) is 6.33 Å². The van der Waals surface area contributed by atoms with Crippen LogP contribution in [0, 0.1) is 0 Å². The zero-order valence-corrected chi connectivity index (χ0v) is 13.8. The predicted molar refractivity (Wildman–Crippen MR) is 91.8 cm³/mol. The molecule has 0 amide bonds. The number of anilines is 3. The van der Waals surface area contributed by atoms with Crippen LogP contribution in [-0.4, -0.2) is 42.5 Å². The number of hydrogen-bond donors (Lipinski definition) is 1. The summed E-state index contributed by atoms with van der Waals surface area (Å²) in [5.74, 6) is 1.86. The second-order valence-corrected chi connectivity index (χ2v) is 7.81. The van der Waals surface area contributed by atoms with E-state index in [4.69, 9.17) is 0 Å². The molecule has 0 saturated carbocycles. The first-order valence-electron chi connectivity index (χ1n) is 7.69. The molecular formula is C16H20N4O2S. The fourth-order valence-corrected chi connectivity index (χ4v) is 4.45. The quantitative estimate of drug-likeness (QED) is 0.905. The van der Waals surface area contributed by atoms with Crippen LogP contribution in [-0.2, 0) is 9.84 Å². The van der Waals surface area contributed by atoms with E-state index in [0.29, 0.717) is 12.2 Å². The Kier molecular flexibility index (Phi) is 4.47. The third-order valence-electron chi connectivity index (χ3n) is 3.90. The van der Waals surface area contributed by atoms with Crippen molar-refractivity contribution in [2.75, 3.05) is 28.3 Å². The van der Waals surface area contributed by atoms with Crippen LogP contribution in [0.2, 0.25) is 0 Å². The van der Waals surface area contributed by atoms with Gasteiger partial charge in [-0.1, -0.05) is 18.2 Å². The summed E-state index contributed by atoms with van der Waals surface area (Å²) in [6.07, 6.45) is 2.13. The first kappa shape index (κ1) is 15.7. The summed E-state index contributed by atoms with van der Waals surface area (Å²) >= 11 is 0. The molecule has 1 aliphatic heterocycles. The van der Waals surface area contributed by atoms with E-state index in [1.807, 2.05) is 36.4 Å². The monoisotopic (exact) mass is 332 g/mol. The van der Waals surface area contributed by atoms with Gasteiger partial charge in [0, 0.05) is 24.3 Å². The molecule has 1 fully saturated rings. The molecule has 1 atom stereocenters. The zero-order valence-electron chi connectivity index (χ0n) is 13.0. The van der Waals surface area contributed by atoms with Crippen molar-refractivity contribution in [1.82, 2.24) is 9.97 Å². The van der Waals surface area contributed by atoms with E-state index >= 15 is 0 Å². The maximum atomic E-state index is 11.6. The van der Waals surface area contributed by atoms with Crippen molar-refractivity contribution in [1.29, 1.82) is 0 Å². The first-order valence-corrected chi connectivity index (χ1v) is 9.51. The number of nitrogens with one attached hydrogen (secondary N) is 1. The first-order chi connectivity index (χ1) is 11.1. The van der Waals surface area contributed by atoms with E-state index < -0.39 is 9.84 Å². The summed E-state index contributed by atoms with van der Waals surface area (Å²) in [5.41, 5.74) is 1.06. The number of para-hydroxylation sites is 1. The fraction of sp³-hybridized carbons (Fsp3) is 0.375. The van der Waals surface area contributed by atoms with Crippen LogP contribution in [0.1, 0.15) is 13.3 Å². The van der Waals surface area contributed by atoms with Gasteiger partial charge in [-0.25, -0.2) is 18.4 Å². The van der Waals surface area contributed by atoms with Crippen molar-refractivity contribution in [3.8, 4) is 0 Å². The van der Waals surface area contributed by atoms with Gasteiger partial charge < -0.3 is 10.2 Å². The summed E-state index contributed by atoms with van der Waals surface area (Å²) in [4.78, 5) is 10.6. The van der Waals surface area contributed by atoms with Crippen molar-refractivity contribution in [2.45, 2.75) is 19.4 Å². The summed E-state index contributed by atoms with van der Waals surface area (Å²) < 4.78 is 23.1. The molecular weight excluding hydrogens is 312 g/mol. The molecule has 3 rings (SSSR count). The summed E-state index contributed by atoms with van der Waals surface area (Å²) in [7, 11) is -2.91. The molecule has 1 unspecified atom stereocenters. The molecule has 1 aromatic heterocycles. The van der Waals surface area contributed by atoms with Gasteiger partial charge in [-0.3, -0.25) is 0 Å². The predicted octanol–water partition coefficient (Wildman–Crippen LogP) is 2.23. The van der Waals surface area contributed by atoms with Gasteiger partial charge in [0.1, 0.15) is 18.0 Å². The Balaban J connectivity index is 1.79. The van der Waals surface area contributed by atoms with Gasteiger partial charge in [0.05, 0.1) is 11.5 Å². The Hall–Kier alpha value is -2.15. The molecule has 2 heterocycles. The smallest absolute Gasteiger partial charge is 0.152 e. The average Bonchev–Trinajstić information content (AvgIpc) is 2.88. The van der Waals surface area contributed by atoms with Crippen molar-refractivity contribution >= 4 is 27.2 Å². The molecule has 0 spiro atoms. The van der Waals surface area contributed by atoms with E-state index in [1.54, 1.807) is 0 Å². The maximum Gasteiger partial charge on any atom is 0.152 e. The van der Waals surface area contributed by atoms with Gasteiger partial charge in [0.2, 0.25) is 0 Å². The van der Waals surface area contributed by atoms with Gasteiger partial charge in [0.15, 0.2) is 9.84 Å². The highest BCUT2D eigenvalue weighted by molar-refractivity contribution is 7.91. The second-order valence-electron chi connectivity index (χ2n) is 5.59. The number of hydrogen-bond acceptors (Lipinski definition) is 6. The highest BCUT2D eigenvalue weighted by Gasteiger charge is 2.28. The summed E-state index contributed by atoms with van der Waals surface area (Å²) in [6, 6.07) is 11.8. The fourth-order valence-electron chi connectivity index (χ4n) is 2.78. The Morgan fingerprint density at radius 2 is 2.04 bits per heavy atom. The van der Waals surface area contributed by atoms with Crippen LogP contribution < -0.4 is 10.2 Å². The van der Waals surface area contributed by atoms with Crippen LogP contribution in [0.25, 0.3) is 0 Å². The normalized spacial score (nSPS) is 19.4. The molecule has 1 N–H and O–H groups in total. The average molecular weight is 332 g/mol. The van der Waals surface area contributed by atoms with E-state index in [-0.39, 0.29) is 17.5 Å². The SMILES string of the molecule is CCN(c1ccccc1)c1cc(NC2CCS(=O)(=O)C2)ncn1. The number of nitrogens with zero attached hydrogens (tertiary/aromatic N) is 3. The molecule has 122 valence electrons. The van der Waals surface area contributed by atoms with Gasteiger partial charge >= 0.3 is 0 Å². The third-order valence-corrected chi connectivity index (χ3v) is 5.67. The highest BCUT2D eigenvalue weighted by Crippen LogP contribution is 2.25. The maximum absolute atomic E-state index is 11.6. The lowest BCUT2D eigenvalue weighted by molar-refractivity contribution is 0.602. The van der Waals surface area contributed by atoms with E-state index in [9.17, 15) is 8.42 Å². The van der Waals surface area contributed by atoms with Gasteiger partial charge in [-0.05, 0) is 25.5 Å². The minimum atomic E-state index is -2.91. The van der Waals surface area contributed by atoms with Crippen LogP contribution in [0.5, 0.6) is 0 Å². The topological polar surface area (TPSA) is 75.2 Å². The van der Waals surface area contributed by atoms with Gasteiger partial charge in [0.25, 0.3) is 0 Å². The molecule has 7 heteroatoms. The third kappa shape index (κ3) is 3.79. The van der Waals surface area contributed by atoms with Crippen LogP contribution in [0.4, 0.5) is 17.3 Å². The van der Waals surface area contributed by atoms with Crippen molar-refractivity contribution < 1.29 is 8.42 Å². The number of rotatable bonds is 5. The van der Waals surface area contributed by atoms with Crippen molar-refractivity contribution in [3.05, 3.63) is 42.7 Å².